The highest BCUT2D eigenvalue weighted by molar-refractivity contribution is 7.27. The maximum Gasteiger partial charge on any atom is 0.246 e. The number of hydrogen-bond donors (Lipinski definition) is 0. The molecule has 4 heteroatoms. The lowest BCUT2D eigenvalue weighted by molar-refractivity contribution is 1.23. The number of rotatable bonds is 2. The molecule has 0 saturated carbocycles. The average Bonchev–Trinajstić information content (AvgIpc) is 3.42. The van der Waals surface area contributed by atoms with Gasteiger partial charge in [-0.3, -0.25) is 0 Å². The quantitative estimate of drug-likeness (QED) is 0.287. The number of hydrogen-bond acceptors (Lipinski definition) is 2. The topological polar surface area (TPSA) is 3.24 Å². The Kier molecular flexibility index (Phi) is 4.87. The fraction of sp³-hybridized carbons (Fsp3) is 0.0270. The van der Waals surface area contributed by atoms with Gasteiger partial charge in [0.25, 0.3) is 0 Å². The lowest BCUT2D eigenvalue weighted by Gasteiger charge is -2.46. The lowest BCUT2D eigenvalue weighted by atomic mass is 9.34. The molecule has 1 nitrogen and oxygen atoms in total. The van der Waals surface area contributed by atoms with Crippen molar-refractivity contribution in [3.05, 3.63) is 140 Å². The molecule has 0 atom stereocenters. The molecule has 41 heavy (non-hydrogen) atoms. The van der Waals surface area contributed by atoms with Gasteiger partial charge in [0.15, 0.2) is 8.07 Å². The van der Waals surface area contributed by atoms with E-state index in [-0.39, 0.29) is 6.71 Å². The number of thiophene rings is 1. The molecular weight excluding hydrogens is 529 g/mol. The van der Waals surface area contributed by atoms with Gasteiger partial charge < -0.3 is 4.90 Å². The predicted molar refractivity (Wildman–Crippen MR) is 182 cm³/mol. The van der Waals surface area contributed by atoms with Crippen LogP contribution >= 0.6 is 11.3 Å². The van der Waals surface area contributed by atoms with Crippen LogP contribution in [0, 0.1) is 0 Å². The fourth-order valence-corrected chi connectivity index (χ4v) is 14.3. The first kappa shape index (κ1) is 23.3. The summed E-state index contributed by atoms with van der Waals surface area (Å²) in [6.07, 6.45) is 0. The van der Waals surface area contributed by atoms with Crippen molar-refractivity contribution in [3.63, 3.8) is 0 Å². The fourth-order valence-electron chi connectivity index (χ4n) is 7.88. The number of fused-ring (bicyclic) bond motifs is 8. The van der Waals surface area contributed by atoms with Crippen LogP contribution in [0.15, 0.2) is 140 Å². The third kappa shape index (κ3) is 2.96. The van der Waals surface area contributed by atoms with E-state index in [9.17, 15) is 0 Å². The van der Waals surface area contributed by atoms with Gasteiger partial charge in [0.1, 0.15) is 0 Å². The molecule has 0 fully saturated rings. The first-order valence-electron chi connectivity index (χ1n) is 14.3. The summed E-state index contributed by atoms with van der Waals surface area (Å²) >= 11 is 1.90. The lowest BCUT2D eigenvalue weighted by Crippen LogP contribution is -2.87. The van der Waals surface area contributed by atoms with Crippen LogP contribution in [0.3, 0.4) is 0 Å². The Labute approximate surface area is 245 Å². The molecule has 0 radical (unpaired) electrons. The van der Waals surface area contributed by atoms with Crippen molar-refractivity contribution in [2.24, 2.45) is 0 Å². The van der Waals surface area contributed by atoms with Crippen molar-refractivity contribution in [3.8, 4) is 0 Å². The van der Waals surface area contributed by atoms with Gasteiger partial charge in [-0.15, -0.1) is 11.3 Å². The van der Waals surface area contributed by atoms with Crippen molar-refractivity contribution in [2.45, 2.75) is 0 Å². The minimum Gasteiger partial charge on any atom is -0.345 e. The summed E-state index contributed by atoms with van der Waals surface area (Å²) in [5, 5.41) is 8.66. The molecule has 2 aliphatic heterocycles. The van der Waals surface area contributed by atoms with Crippen LogP contribution in [-0.2, 0) is 0 Å². The summed E-state index contributed by atoms with van der Waals surface area (Å²) in [6, 6.07) is 52.8. The third-order valence-corrected chi connectivity index (χ3v) is 15.5. The van der Waals surface area contributed by atoms with E-state index in [2.05, 4.69) is 151 Å². The Morgan fingerprint density at radius 1 is 0.561 bits per heavy atom. The number of nitrogens with zero attached hydrogens (tertiary/aromatic N) is 1. The Morgan fingerprint density at radius 2 is 1.22 bits per heavy atom. The smallest absolute Gasteiger partial charge is 0.246 e. The van der Waals surface area contributed by atoms with Crippen LogP contribution < -0.4 is 42.0 Å². The molecule has 9 rings (SSSR count). The van der Waals surface area contributed by atoms with E-state index in [1.54, 1.807) is 0 Å². The molecule has 1 aromatic heterocycles. The predicted octanol–water partition coefficient (Wildman–Crippen LogP) is 4.34. The zero-order chi connectivity index (χ0) is 27.1. The summed E-state index contributed by atoms with van der Waals surface area (Å²) in [5.74, 6) is 0. The normalized spacial score (nSPS) is 14.6. The Hall–Kier alpha value is -4.38. The van der Waals surface area contributed by atoms with E-state index in [1.165, 1.54) is 68.7 Å². The largest absolute Gasteiger partial charge is 0.345 e. The zero-order valence-electron chi connectivity index (χ0n) is 22.7. The second kappa shape index (κ2) is 8.56. The highest BCUT2D eigenvalue weighted by Gasteiger charge is 2.52. The Morgan fingerprint density at radius 3 is 2.00 bits per heavy atom. The Bertz CT molecular complexity index is 2100. The van der Waals surface area contributed by atoms with Gasteiger partial charge in [0, 0.05) is 38.6 Å². The molecule has 3 heterocycles. The van der Waals surface area contributed by atoms with E-state index >= 15 is 0 Å². The van der Waals surface area contributed by atoms with E-state index in [0.717, 1.165) is 0 Å². The summed E-state index contributed by atoms with van der Waals surface area (Å²) in [4.78, 5) is 2.50. The van der Waals surface area contributed by atoms with Gasteiger partial charge in [0.05, 0.1) is 0 Å². The molecule has 0 N–H and O–H groups in total. The average molecular weight is 556 g/mol. The van der Waals surface area contributed by atoms with Crippen molar-refractivity contribution in [1.82, 2.24) is 0 Å². The van der Waals surface area contributed by atoms with Gasteiger partial charge in [-0.1, -0.05) is 127 Å². The maximum atomic E-state index is 2.50. The van der Waals surface area contributed by atoms with Gasteiger partial charge in [0.2, 0.25) is 6.71 Å². The number of anilines is 2. The monoisotopic (exact) mass is 555 g/mol. The highest BCUT2D eigenvalue weighted by atomic mass is 32.1. The molecule has 0 aliphatic carbocycles. The second-order valence-corrected chi connectivity index (χ2v) is 16.1. The molecule has 0 bridgehead atoms. The zero-order valence-corrected chi connectivity index (χ0v) is 24.5. The van der Waals surface area contributed by atoms with Crippen LogP contribution in [0.5, 0.6) is 0 Å². The minimum absolute atomic E-state index is 0.194. The summed E-state index contributed by atoms with van der Waals surface area (Å²) < 4.78 is 2.71. The molecule has 192 valence electrons. The van der Waals surface area contributed by atoms with Crippen LogP contribution in [0.4, 0.5) is 11.4 Å². The molecule has 0 unspecified atom stereocenters. The van der Waals surface area contributed by atoms with Crippen LogP contribution in [0.2, 0.25) is 0 Å². The summed E-state index contributed by atoms with van der Waals surface area (Å²) in [7, 11) is -0.308. The van der Waals surface area contributed by atoms with Gasteiger partial charge in [-0.2, -0.15) is 0 Å². The summed E-state index contributed by atoms with van der Waals surface area (Å²) in [6.45, 7) is 0.194. The molecular formula is C37H26BNSSi. The highest BCUT2D eigenvalue weighted by Crippen LogP contribution is 2.41. The van der Waals surface area contributed by atoms with Crippen molar-refractivity contribution in [1.29, 1.82) is 0 Å². The molecule has 0 spiro atoms. The first-order chi connectivity index (χ1) is 20.3. The number of benzene rings is 6. The van der Waals surface area contributed by atoms with E-state index < -0.39 is 8.07 Å². The van der Waals surface area contributed by atoms with Crippen LogP contribution in [0.25, 0.3) is 20.2 Å². The van der Waals surface area contributed by atoms with Crippen molar-refractivity contribution < 1.29 is 0 Å². The SMILES string of the molecule is CN1c2cccc3c2B(c2ccccc2[Si]3(c2ccccc2)c2ccccc2)c2ccc3sc4ccccc4c3c21. The third-order valence-electron chi connectivity index (χ3n) is 9.42. The molecule has 0 amide bonds. The van der Waals surface area contributed by atoms with E-state index in [0.29, 0.717) is 0 Å². The second-order valence-electron chi connectivity index (χ2n) is 11.3. The molecule has 0 saturated heterocycles. The Balaban J connectivity index is 1.45. The van der Waals surface area contributed by atoms with Crippen LogP contribution in [-0.4, -0.2) is 21.8 Å². The van der Waals surface area contributed by atoms with E-state index in [1.807, 2.05) is 11.3 Å². The van der Waals surface area contributed by atoms with E-state index in [4.69, 9.17) is 0 Å². The first-order valence-corrected chi connectivity index (χ1v) is 17.1. The molecule has 7 aromatic rings. The van der Waals surface area contributed by atoms with Gasteiger partial charge >= 0.3 is 0 Å². The molecule has 2 aliphatic rings. The maximum absolute atomic E-state index is 2.59. The van der Waals surface area contributed by atoms with Gasteiger partial charge in [-0.05, 0) is 49.9 Å². The van der Waals surface area contributed by atoms with Gasteiger partial charge in [-0.25, -0.2) is 0 Å². The minimum atomic E-state index is -2.59. The summed E-state index contributed by atoms with van der Waals surface area (Å²) in [5.41, 5.74) is 7.05. The standard InChI is InChI=1S/C37H26BNSSi/c1-39-30-19-12-22-34-36(30)38(29-23-24-32-35(37(29)39)27-17-8-10-20-31(27)40-32)28-18-9-11-21-33(28)41(34,25-13-4-2-5-14-25)26-15-6-3-7-16-26/h2-24H,1H3. The van der Waals surface area contributed by atoms with Crippen molar-refractivity contribution >= 4 is 94.8 Å². The molecule has 6 aromatic carbocycles. The van der Waals surface area contributed by atoms with Crippen molar-refractivity contribution in [2.75, 3.05) is 11.9 Å². The van der Waals surface area contributed by atoms with Crippen LogP contribution in [0.1, 0.15) is 0 Å².